The lowest BCUT2D eigenvalue weighted by Crippen LogP contribution is -2.12. The van der Waals surface area contributed by atoms with Crippen LogP contribution in [0.1, 0.15) is 64.5 Å². The van der Waals surface area contributed by atoms with Gasteiger partial charge in [-0.25, -0.2) is 4.79 Å². The maximum absolute atomic E-state index is 11.3. The quantitative estimate of drug-likeness (QED) is 0.614. The minimum atomic E-state index is -1.20. The Morgan fingerprint density at radius 1 is 1.00 bits per heavy atom. The van der Waals surface area contributed by atoms with Crippen molar-refractivity contribution < 1.29 is 24.6 Å². The van der Waals surface area contributed by atoms with Gasteiger partial charge in [0, 0.05) is 19.5 Å². The summed E-state index contributed by atoms with van der Waals surface area (Å²) in [4.78, 5) is 29.4. The van der Waals surface area contributed by atoms with Crippen molar-refractivity contribution in [1.82, 2.24) is 0 Å². The number of hydrogen-bond donors (Lipinski definition) is 4. The van der Waals surface area contributed by atoms with Gasteiger partial charge in [0.1, 0.15) is 6.21 Å². The van der Waals surface area contributed by atoms with Crippen LogP contribution in [0.5, 0.6) is 0 Å². The summed E-state index contributed by atoms with van der Waals surface area (Å²) in [5.41, 5.74) is 3.42. The van der Waals surface area contributed by atoms with Crippen molar-refractivity contribution in [1.29, 1.82) is 5.41 Å². The van der Waals surface area contributed by atoms with Gasteiger partial charge in [-0.3, -0.25) is 9.59 Å². The first-order valence-corrected chi connectivity index (χ1v) is 7.77. The number of aliphatic carboxylic acids is 2. The summed E-state index contributed by atoms with van der Waals surface area (Å²) in [6, 6.07) is 6.24. The molecule has 0 radical (unpaired) electrons. The van der Waals surface area contributed by atoms with Gasteiger partial charge in [0.25, 0.3) is 5.97 Å². The third-order valence-electron chi connectivity index (χ3n) is 2.80. The molecule has 7 nitrogen and oxygen atoms in total. The molecule has 0 fully saturated rings. The molecule has 0 aliphatic heterocycles. The van der Waals surface area contributed by atoms with Crippen molar-refractivity contribution in [3.8, 4) is 0 Å². The first-order chi connectivity index (χ1) is 11.4. The van der Waals surface area contributed by atoms with Gasteiger partial charge >= 0.3 is 5.97 Å². The molecular weight excluding hydrogens is 324 g/mol. The van der Waals surface area contributed by atoms with Crippen LogP contribution in [0.15, 0.2) is 18.2 Å². The number of benzene rings is 1. The molecule has 1 aromatic rings. The van der Waals surface area contributed by atoms with Gasteiger partial charge in [-0.15, -0.1) is 0 Å². The van der Waals surface area contributed by atoms with E-state index < -0.39 is 11.9 Å². The SMILES string of the molecule is CC(=O)Nc1c(C(C)C)cccc1C(C)C.CC(=O)O.N=CC(=O)O. The van der Waals surface area contributed by atoms with Crippen LogP contribution in [0.25, 0.3) is 0 Å². The largest absolute Gasteiger partial charge is 0.481 e. The summed E-state index contributed by atoms with van der Waals surface area (Å²) >= 11 is 0. The molecule has 0 atom stereocenters. The van der Waals surface area contributed by atoms with Crippen LogP contribution in [0, 0.1) is 5.41 Å². The molecule has 1 aromatic carbocycles. The first-order valence-electron chi connectivity index (χ1n) is 7.77. The second-order valence-electron chi connectivity index (χ2n) is 5.80. The first kappa shape index (κ1) is 24.6. The highest BCUT2D eigenvalue weighted by Crippen LogP contribution is 2.32. The minimum absolute atomic E-state index is 0.00463. The van der Waals surface area contributed by atoms with Gasteiger partial charge in [-0.05, 0) is 23.0 Å². The maximum atomic E-state index is 11.3. The van der Waals surface area contributed by atoms with Gasteiger partial charge in [0.05, 0.1) is 0 Å². The molecule has 0 aliphatic carbocycles. The monoisotopic (exact) mass is 352 g/mol. The smallest absolute Gasteiger partial charge is 0.346 e. The number of carboxylic acid groups (broad SMARTS) is 2. The summed E-state index contributed by atoms with van der Waals surface area (Å²) in [6.45, 7) is 11.2. The number of amides is 1. The minimum Gasteiger partial charge on any atom is -0.481 e. The Morgan fingerprint density at radius 2 is 1.32 bits per heavy atom. The van der Waals surface area contributed by atoms with Crippen LogP contribution in [0.4, 0.5) is 5.69 Å². The Hall–Kier alpha value is -2.70. The van der Waals surface area contributed by atoms with Crippen LogP contribution >= 0.6 is 0 Å². The van der Waals surface area contributed by atoms with Crippen molar-refractivity contribution in [3.63, 3.8) is 0 Å². The molecule has 25 heavy (non-hydrogen) atoms. The van der Waals surface area contributed by atoms with Crippen LogP contribution in [-0.2, 0) is 14.4 Å². The molecule has 0 aromatic heterocycles. The average molecular weight is 352 g/mol. The molecule has 0 spiro atoms. The zero-order valence-electron chi connectivity index (χ0n) is 15.6. The van der Waals surface area contributed by atoms with Crippen molar-refractivity contribution in [2.75, 3.05) is 5.32 Å². The second kappa shape index (κ2) is 12.7. The molecule has 7 heteroatoms. The molecule has 1 amide bonds. The maximum Gasteiger partial charge on any atom is 0.346 e. The summed E-state index contributed by atoms with van der Waals surface area (Å²) < 4.78 is 0. The lowest BCUT2D eigenvalue weighted by Gasteiger charge is -2.19. The number of para-hydroxylation sites is 1. The van der Waals surface area contributed by atoms with E-state index >= 15 is 0 Å². The van der Waals surface area contributed by atoms with Gasteiger partial charge in [-0.1, -0.05) is 45.9 Å². The highest BCUT2D eigenvalue weighted by molar-refractivity contribution is 6.20. The number of rotatable bonds is 4. The zero-order chi connectivity index (χ0) is 20.2. The number of nitrogens with one attached hydrogen (secondary N) is 2. The number of anilines is 1. The van der Waals surface area contributed by atoms with E-state index in [1.807, 2.05) is 0 Å². The Morgan fingerprint density at radius 3 is 1.52 bits per heavy atom. The van der Waals surface area contributed by atoms with Crippen LogP contribution in [-0.4, -0.2) is 34.3 Å². The molecule has 0 bridgehead atoms. The van der Waals surface area contributed by atoms with E-state index in [9.17, 15) is 4.79 Å². The predicted molar refractivity (Wildman–Crippen MR) is 98.7 cm³/mol. The average Bonchev–Trinajstić information content (AvgIpc) is 2.46. The zero-order valence-corrected chi connectivity index (χ0v) is 15.6. The molecule has 0 unspecified atom stereocenters. The summed E-state index contributed by atoms with van der Waals surface area (Å²) in [5.74, 6) is -1.21. The Labute approximate surface area is 148 Å². The van der Waals surface area contributed by atoms with Crippen molar-refractivity contribution >= 4 is 29.7 Å². The fourth-order valence-electron chi connectivity index (χ4n) is 1.87. The molecular formula is C18H28N2O5. The normalized spacial score (nSPS) is 9.28. The van der Waals surface area contributed by atoms with Gasteiger partial charge in [0.15, 0.2) is 0 Å². The highest BCUT2D eigenvalue weighted by atomic mass is 16.4. The molecule has 140 valence electrons. The van der Waals surface area contributed by atoms with Crippen molar-refractivity contribution in [2.45, 2.75) is 53.4 Å². The topological polar surface area (TPSA) is 128 Å². The Bertz CT molecular complexity index is 565. The second-order valence-corrected chi connectivity index (χ2v) is 5.80. The van der Waals surface area contributed by atoms with Gasteiger partial charge < -0.3 is 20.9 Å². The fourth-order valence-corrected chi connectivity index (χ4v) is 1.87. The summed E-state index contributed by atoms with van der Waals surface area (Å²) in [5, 5.41) is 23.8. The van der Waals surface area contributed by atoms with Crippen molar-refractivity contribution in [2.24, 2.45) is 0 Å². The van der Waals surface area contributed by atoms with E-state index in [1.54, 1.807) is 6.92 Å². The third-order valence-corrected chi connectivity index (χ3v) is 2.80. The number of hydrogen-bond acceptors (Lipinski definition) is 4. The molecule has 4 N–H and O–H groups in total. The summed E-state index contributed by atoms with van der Waals surface area (Å²) in [6.07, 6.45) is 0.333. The van der Waals surface area contributed by atoms with Crippen LogP contribution in [0.3, 0.4) is 0 Å². The van der Waals surface area contributed by atoms with Gasteiger partial charge in [0.2, 0.25) is 5.91 Å². The van der Waals surface area contributed by atoms with E-state index in [0.717, 1.165) is 12.6 Å². The van der Waals surface area contributed by atoms with Crippen molar-refractivity contribution in [3.05, 3.63) is 29.3 Å². The van der Waals surface area contributed by atoms with E-state index in [0.29, 0.717) is 18.1 Å². The van der Waals surface area contributed by atoms with E-state index in [2.05, 4.69) is 51.2 Å². The number of carboxylic acids is 2. The number of carbonyl (C=O) groups is 3. The van der Waals surface area contributed by atoms with Crippen LogP contribution in [0.2, 0.25) is 0 Å². The Kier molecular flexibility index (Phi) is 12.5. The van der Waals surface area contributed by atoms with E-state index in [-0.39, 0.29) is 5.91 Å². The Balaban J connectivity index is 0. The molecule has 0 saturated carbocycles. The third kappa shape index (κ3) is 12.4. The molecule has 0 saturated heterocycles. The molecule has 0 aliphatic rings. The number of carbonyl (C=O) groups excluding carboxylic acids is 1. The van der Waals surface area contributed by atoms with Crippen LogP contribution < -0.4 is 5.32 Å². The summed E-state index contributed by atoms with van der Waals surface area (Å²) in [7, 11) is 0. The fraction of sp³-hybridized carbons (Fsp3) is 0.444. The predicted octanol–water partition coefficient (Wildman–Crippen LogP) is 3.70. The van der Waals surface area contributed by atoms with E-state index in [1.165, 1.54) is 11.1 Å². The van der Waals surface area contributed by atoms with Gasteiger partial charge in [-0.2, -0.15) is 0 Å². The lowest BCUT2D eigenvalue weighted by molar-refractivity contribution is -0.134. The molecule has 0 heterocycles. The highest BCUT2D eigenvalue weighted by Gasteiger charge is 2.14. The lowest BCUT2D eigenvalue weighted by atomic mass is 9.92. The van der Waals surface area contributed by atoms with E-state index in [4.69, 9.17) is 25.2 Å². The molecule has 1 rings (SSSR count). The standard InChI is InChI=1S/C14H21NO.C2H3NO2.C2H4O2/c1-9(2)12-7-6-8-13(10(3)4)14(12)15-11(5)16;3-1-2(4)5;1-2(3)4/h6-10H,1-5H3,(H,15,16);1,3H,(H,4,5);1H3,(H,3,4).